The summed E-state index contributed by atoms with van der Waals surface area (Å²) >= 11 is 5.89. The summed E-state index contributed by atoms with van der Waals surface area (Å²) < 4.78 is 21.2. The molecule has 0 radical (unpaired) electrons. The minimum absolute atomic E-state index is 0.110. The van der Waals surface area contributed by atoms with Crippen LogP contribution in [0.1, 0.15) is 5.76 Å². The second kappa shape index (κ2) is 8.75. The Labute approximate surface area is 175 Å². The van der Waals surface area contributed by atoms with Gasteiger partial charge in [0.15, 0.2) is 0 Å². The quantitative estimate of drug-likeness (QED) is 0.469. The number of tetrazole rings is 1. The first-order chi connectivity index (χ1) is 14.6. The summed E-state index contributed by atoms with van der Waals surface area (Å²) in [5.41, 5.74) is 1.62. The Morgan fingerprint density at radius 3 is 2.73 bits per heavy atom. The van der Waals surface area contributed by atoms with Crippen LogP contribution >= 0.6 is 11.6 Å². The monoisotopic (exact) mass is 426 g/mol. The topological polar surface area (TPSA) is 97.9 Å². The molecule has 2 aromatic carbocycles. The molecule has 4 aromatic rings. The Balaban J connectivity index is 1.32. The number of furan rings is 1. The van der Waals surface area contributed by atoms with E-state index in [-0.39, 0.29) is 24.7 Å². The van der Waals surface area contributed by atoms with Gasteiger partial charge in [-0.2, -0.15) is 0 Å². The number of benzene rings is 2. The normalized spacial score (nSPS) is 10.7. The van der Waals surface area contributed by atoms with E-state index >= 15 is 0 Å². The van der Waals surface area contributed by atoms with Gasteiger partial charge in [0.05, 0.1) is 24.5 Å². The molecule has 152 valence electrons. The first-order valence-corrected chi connectivity index (χ1v) is 9.34. The van der Waals surface area contributed by atoms with Gasteiger partial charge in [-0.1, -0.05) is 11.6 Å². The lowest BCUT2D eigenvalue weighted by atomic mass is 10.2. The van der Waals surface area contributed by atoms with Gasteiger partial charge in [-0.05, 0) is 65.0 Å². The average Bonchev–Trinajstić information content (AvgIpc) is 3.45. The van der Waals surface area contributed by atoms with E-state index in [0.717, 1.165) is 5.56 Å². The number of anilines is 1. The molecule has 1 amide bonds. The van der Waals surface area contributed by atoms with Gasteiger partial charge in [0, 0.05) is 10.6 Å². The first-order valence-electron chi connectivity index (χ1n) is 8.96. The van der Waals surface area contributed by atoms with Crippen LogP contribution in [0.25, 0.3) is 17.0 Å². The number of rotatable bonds is 7. The number of hydrogen-bond donors (Lipinski definition) is 2. The number of amides is 1. The van der Waals surface area contributed by atoms with E-state index in [4.69, 9.17) is 16.0 Å². The predicted molar refractivity (Wildman–Crippen MR) is 109 cm³/mol. The van der Waals surface area contributed by atoms with Crippen molar-refractivity contribution in [3.05, 3.63) is 77.5 Å². The van der Waals surface area contributed by atoms with Gasteiger partial charge in [0.1, 0.15) is 23.7 Å². The molecular weight excluding hydrogens is 411 g/mol. The molecule has 0 bridgehead atoms. The number of carbonyl (C=O) groups is 1. The third-order valence-electron chi connectivity index (χ3n) is 4.25. The maximum absolute atomic E-state index is 14.0. The van der Waals surface area contributed by atoms with Crippen molar-refractivity contribution in [1.29, 1.82) is 0 Å². The fraction of sp³-hybridized carbons (Fsp3) is 0.100. The zero-order chi connectivity index (χ0) is 20.9. The fourth-order valence-corrected chi connectivity index (χ4v) is 2.86. The molecule has 10 heteroatoms. The molecule has 30 heavy (non-hydrogen) atoms. The molecule has 2 heterocycles. The highest BCUT2D eigenvalue weighted by molar-refractivity contribution is 6.30. The largest absolute Gasteiger partial charge is 0.459 e. The van der Waals surface area contributed by atoms with E-state index in [1.807, 2.05) is 18.2 Å². The molecule has 0 saturated heterocycles. The van der Waals surface area contributed by atoms with Crippen molar-refractivity contribution < 1.29 is 13.6 Å². The number of aromatic nitrogens is 4. The Kier molecular flexibility index (Phi) is 5.71. The number of hydrogen-bond acceptors (Lipinski definition) is 6. The van der Waals surface area contributed by atoms with Crippen LogP contribution in [-0.4, -0.2) is 32.7 Å². The number of halogens is 2. The zero-order valence-corrected chi connectivity index (χ0v) is 16.3. The van der Waals surface area contributed by atoms with Crippen LogP contribution in [0.5, 0.6) is 0 Å². The van der Waals surface area contributed by atoms with Crippen LogP contribution in [0.15, 0.2) is 65.3 Å². The van der Waals surface area contributed by atoms with Gasteiger partial charge in [-0.25, -0.2) is 9.07 Å². The third-order valence-corrected chi connectivity index (χ3v) is 4.51. The molecule has 0 atom stereocenters. The molecule has 0 aliphatic heterocycles. The highest BCUT2D eigenvalue weighted by atomic mass is 35.5. The Hall–Kier alpha value is -3.72. The summed E-state index contributed by atoms with van der Waals surface area (Å²) in [6.45, 7) is 0.0992. The van der Waals surface area contributed by atoms with E-state index in [9.17, 15) is 9.18 Å². The number of carbonyl (C=O) groups excluding carboxylic acids is 1. The molecular formula is C20H16ClFN6O2. The molecule has 4 rings (SSSR count). The van der Waals surface area contributed by atoms with Gasteiger partial charge in [0.2, 0.25) is 5.91 Å². The summed E-state index contributed by atoms with van der Waals surface area (Å²) in [6, 6.07) is 15.2. The van der Waals surface area contributed by atoms with Crippen LogP contribution in [0, 0.1) is 5.82 Å². The highest BCUT2D eigenvalue weighted by Crippen LogP contribution is 2.23. The fourth-order valence-electron chi connectivity index (χ4n) is 2.74. The van der Waals surface area contributed by atoms with Crippen LogP contribution in [0.3, 0.4) is 0 Å². The van der Waals surface area contributed by atoms with Crippen molar-refractivity contribution in [3.63, 3.8) is 0 Å². The molecule has 8 nitrogen and oxygen atoms in total. The Bertz CT molecular complexity index is 1140. The van der Waals surface area contributed by atoms with E-state index < -0.39 is 5.82 Å². The Morgan fingerprint density at radius 2 is 1.97 bits per heavy atom. The summed E-state index contributed by atoms with van der Waals surface area (Å²) in [5, 5.41) is 17.0. The van der Waals surface area contributed by atoms with E-state index in [2.05, 4.69) is 26.2 Å². The molecule has 2 aromatic heterocycles. The smallest absolute Gasteiger partial charge is 0.239 e. The molecule has 0 fully saturated rings. The minimum atomic E-state index is -0.488. The van der Waals surface area contributed by atoms with E-state index in [1.54, 1.807) is 18.2 Å². The van der Waals surface area contributed by atoms with E-state index in [0.29, 0.717) is 22.2 Å². The maximum atomic E-state index is 14.0. The second-order valence-corrected chi connectivity index (χ2v) is 6.76. The molecule has 0 aliphatic rings. The van der Waals surface area contributed by atoms with Crippen molar-refractivity contribution in [2.45, 2.75) is 6.54 Å². The van der Waals surface area contributed by atoms with Crippen molar-refractivity contribution in [2.75, 3.05) is 11.9 Å². The first kappa shape index (κ1) is 19.6. The summed E-state index contributed by atoms with van der Waals surface area (Å²) in [7, 11) is 0. The van der Waals surface area contributed by atoms with Crippen molar-refractivity contribution >= 4 is 23.2 Å². The standard InChI is InChI=1S/C20H16ClFN6O2/c21-14-3-1-13(2-4-14)19-8-6-16(30-19)10-24-20(29)11-23-18-9-15(5-7-17(18)22)28-12-25-26-27-28/h1-9,12,23H,10-11H2,(H,24,29). The summed E-state index contributed by atoms with van der Waals surface area (Å²) in [4.78, 5) is 12.1. The highest BCUT2D eigenvalue weighted by Gasteiger charge is 2.10. The van der Waals surface area contributed by atoms with Crippen LogP contribution in [0.4, 0.5) is 10.1 Å². The van der Waals surface area contributed by atoms with Gasteiger partial charge < -0.3 is 15.1 Å². The molecule has 0 spiro atoms. The summed E-state index contributed by atoms with van der Waals surface area (Å²) in [6.07, 6.45) is 1.39. The molecule has 2 N–H and O–H groups in total. The average molecular weight is 427 g/mol. The summed E-state index contributed by atoms with van der Waals surface area (Å²) in [5.74, 6) is 0.473. The Morgan fingerprint density at radius 1 is 1.13 bits per heavy atom. The minimum Gasteiger partial charge on any atom is -0.459 e. The van der Waals surface area contributed by atoms with Crippen LogP contribution in [0.2, 0.25) is 5.02 Å². The second-order valence-electron chi connectivity index (χ2n) is 6.32. The SMILES string of the molecule is O=C(CNc1cc(-n2cnnn2)ccc1F)NCc1ccc(-c2ccc(Cl)cc2)o1. The van der Waals surface area contributed by atoms with Crippen molar-refractivity contribution in [1.82, 2.24) is 25.5 Å². The third kappa shape index (κ3) is 4.64. The predicted octanol–water partition coefficient (Wildman–Crippen LogP) is 3.44. The van der Waals surface area contributed by atoms with Gasteiger partial charge in [-0.15, -0.1) is 5.10 Å². The zero-order valence-electron chi connectivity index (χ0n) is 15.5. The number of nitrogens with zero attached hydrogens (tertiary/aromatic N) is 4. The van der Waals surface area contributed by atoms with E-state index in [1.165, 1.54) is 29.2 Å². The van der Waals surface area contributed by atoms with Gasteiger partial charge >= 0.3 is 0 Å². The lowest BCUT2D eigenvalue weighted by molar-refractivity contribution is -0.119. The van der Waals surface area contributed by atoms with Crippen molar-refractivity contribution in [2.24, 2.45) is 0 Å². The van der Waals surface area contributed by atoms with Crippen molar-refractivity contribution in [3.8, 4) is 17.0 Å². The van der Waals surface area contributed by atoms with Gasteiger partial charge in [0.25, 0.3) is 0 Å². The lowest BCUT2D eigenvalue weighted by Crippen LogP contribution is -2.29. The number of nitrogens with one attached hydrogen (secondary N) is 2. The molecule has 0 saturated carbocycles. The van der Waals surface area contributed by atoms with Gasteiger partial charge in [-0.3, -0.25) is 4.79 Å². The molecule has 0 unspecified atom stereocenters. The van der Waals surface area contributed by atoms with Crippen LogP contribution in [-0.2, 0) is 11.3 Å². The van der Waals surface area contributed by atoms with Crippen LogP contribution < -0.4 is 10.6 Å². The lowest BCUT2D eigenvalue weighted by Gasteiger charge is -2.09. The maximum Gasteiger partial charge on any atom is 0.239 e. The molecule has 0 aliphatic carbocycles.